The summed E-state index contributed by atoms with van der Waals surface area (Å²) in [4.78, 5) is 28.1. The molecule has 30 heavy (non-hydrogen) atoms. The fourth-order valence-electron chi connectivity index (χ4n) is 3.29. The highest BCUT2D eigenvalue weighted by Gasteiger charge is 2.30. The van der Waals surface area contributed by atoms with E-state index in [1.807, 2.05) is 52.0 Å². The van der Waals surface area contributed by atoms with E-state index in [2.05, 4.69) is 5.32 Å². The van der Waals surface area contributed by atoms with Gasteiger partial charge in [0.2, 0.25) is 11.8 Å². The van der Waals surface area contributed by atoms with Crippen molar-refractivity contribution in [2.45, 2.75) is 65.6 Å². The zero-order valence-corrected chi connectivity index (χ0v) is 19.6. The van der Waals surface area contributed by atoms with E-state index in [0.717, 1.165) is 17.5 Å². The zero-order valence-electron chi connectivity index (χ0n) is 18.0. The molecule has 0 radical (unpaired) electrons. The minimum Gasteiger partial charge on any atom is -0.352 e. The van der Waals surface area contributed by atoms with Crippen LogP contribution in [-0.2, 0) is 22.6 Å². The molecule has 6 heteroatoms. The molecule has 0 aliphatic carbocycles. The van der Waals surface area contributed by atoms with Crippen molar-refractivity contribution in [3.63, 3.8) is 0 Å². The molecule has 162 valence electrons. The van der Waals surface area contributed by atoms with E-state index in [4.69, 9.17) is 23.2 Å². The van der Waals surface area contributed by atoms with Gasteiger partial charge in [0.15, 0.2) is 0 Å². The third kappa shape index (κ3) is 6.23. The number of benzene rings is 2. The molecule has 2 aromatic rings. The molecule has 0 bridgehead atoms. The van der Waals surface area contributed by atoms with Gasteiger partial charge in [-0.05, 0) is 55.5 Å². The summed E-state index contributed by atoms with van der Waals surface area (Å²) in [6.07, 6.45) is 1.37. The quantitative estimate of drug-likeness (QED) is 0.545. The molecule has 0 aromatic heterocycles. The molecule has 0 spiro atoms. The van der Waals surface area contributed by atoms with Crippen molar-refractivity contribution in [3.05, 3.63) is 69.2 Å². The average molecular weight is 449 g/mol. The van der Waals surface area contributed by atoms with Crippen molar-refractivity contribution in [1.82, 2.24) is 10.2 Å². The number of amides is 2. The summed E-state index contributed by atoms with van der Waals surface area (Å²) in [6.45, 7) is 8.24. The third-order valence-corrected chi connectivity index (χ3v) is 6.09. The lowest BCUT2D eigenvalue weighted by molar-refractivity contribution is -0.141. The minimum absolute atomic E-state index is 0.0392. The lowest BCUT2D eigenvalue weighted by atomic mass is 10.0. The van der Waals surface area contributed by atoms with E-state index in [9.17, 15) is 9.59 Å². The highest BCUT2D eigenvalue weighted by atomic mass is 35.5. The van der Waals surface area contributed by atoms with Crippen molar-refractivity contribution in [1.29, 1.82) is 0 Å². The van der Waals surface area contributed by atoms with Crippen LogP contribution in [0.5, 0.6) is 0 Å². The van der Waals surface area contributed by atoms with Gasteiger partial charge >= 0.3 is 0 Å². The molecule has 0 fully saturated rings. The molecule has 2 amide bonds. The van der Waals surface area contributed by atoms with Gasteiger partial charge in [0.25, 0.3) is 0 Å². The van der Waals surface area contributed by atoms with Gasteiger partial charge in [-0.2, -0.15) is 0 Å². The maximum absolute atomic E-state index is 13.4. The normalized spacial score (nSPS) is 12.9. The molecule has 0 unspecified atom stereocenters. The number of aryl methyl sites for hydroxylation is 1. The second-order valence-electron chi connectivity index (χ2n) is 7.57. The van der Waals surface area contributed by atoms with Crippen LogP contribution in [-0.4, -0.2) is 28.8 Å². The second-order valence-corrected chi connectivity index (χ2v) is 8.38. The van der Waals surface area contributed by atoms with Crippen LogP contribution in [0.1, 0.15) is 50.3 Å². The van der Waals surface area contributed by atoms with E-state index in [1.54, 1.807) is 23.1 Å². The first-order valence-corrected chi connectivity index (χ1v) is 11.1. The van der Waals surface area contributed by atoms with Gasteiger partial charge in [0.05, 0.1) is 6.42 Å². The lowest BCUT2D eigenvalue weighted by Crippen LogP contribution is -2.51. The van der Waals surface area contributed by atoms with Crippen molar-refractivity contribution in [3.8, 4) is 0 Å². The van der Waals surface area contributed by atoms with Gasteiger partial charge in [-0.1, -0.05) is 67.4 Å². The molecule has 0 aliphatic heterocycles. The molecule has 1 N–H and O–H groups in total. The lowest BCUT2D eigenvalue weighted by Gasteiger charge is -2.32. The Morgan fingerprint density at radius 2 is 1.63 bits per heavy atom. The Bertz CT molecular complexity index is 865. The maximum Gasteiger partial charge on any atom is 0.243 e. The first-order valence-electron chi connectivity index (χ1n) is 10.4. The number of nitrogens with zero attached hydrogens (tertiary/aromatic N) is 1. The molecule has 2 aromatic carbocycles. The highest BCUT2D eigenvalue weighted by Crippen LogP contribution is 2.26. The SMILES string of the molecule is CC[C@@H](C)NC(=O)[C@@H](CC)N(Cc1ccccc1C)C(=O)Cc1c(Cl)cccc1Cl. The standard InChI is InChI=1S/C24H30Cl2N2O2/c1-5-17(4)27-24(30)22(6-2)28(15-18-11-8-7-10-16(18)3)23(29)14-19-20(25)12-9-13-21(19)26/h7-13,17,22H,5-6,14-15H2,1-4H3,(H,27,30)/t17-,22-/m1/s1. The predicted octanol–water partition coefficient (Wildman–Crippen LogP) is 5.57. The Kier molecular flexibility index (Phi) is 9.19. The molecule has 4 nitrogen and oxygen atoms in total. The first kappa shape index (κ1) is 24.2. The average Bonchev–Trinajstić information content (AvgIpc) is 2.71. The van der Waals surface area contributed by atoms with Crippen molar-refractivity contribution in [2.24, 2.45) is 0 Å². The molecule has 0 saturated heterocycles. The molecular formula is C24H30Cl2N2O2. The Morgan fingerprint density at radius 1 is 1.00 bits per heavy atom. The van der Waals surface area contributed by atoms with Crippen LogP contribution in [0.25, 0.3) is 0 Å². The number of nitrogens with one attached hydrogen (secondary N) is 1. The van der Waals surface area contributed by atoms with E-state index in [0.29, 0.717) is 28.6 Å². The van der Waals surface area contributed by atoms with Crippen LogP contribution in [0, 0.1) is 6.92 Å². The van der Waals surface area contributed by atoms with Gasteiger partial charge in [0, 0.05) is 22.6 Å². The number of carbonyl (C=O) groups is 2. The molecule has 2 rings (SSSR count). The Hall–Kier alpha value is -2.04. The minimum atomic E-state index is -0.577. The Balaban J connectivity index is 2.37. The summed E-state index contributed by atoms with van der Waals surface area (Å²) in [5.41, 5.74) is 2.66. The fourth-order valence-corrected chi connectivity index (χ4v) is 3.82. The second kappa shape index (κ2) is 11.4. The van der Waals surface area contributed by atoms with E-state index >= 15 is 0 Å². The summed E-state index contributed by atoms with van der Waals surface area (Å²) in [5.74, 6) is -0.321. The van der Waals surface area contributed by atoms with Crippen LogP contribution in [0.15, 0.2) is 42.5 Å². The largest absolute Gasteiger partial charge is 0.352 e. The smallest absolute Gasteiger partial charge is 0.243 e. The van der Waals surface area contributed by atoms with Crippen LogP contribution in [0.3, 0.4) is 0 Å². The van der Waals surface area contributed by atoms with Crippen LogP contribution in [0.2, 0.25) is 10.0 Å². The van der Waals surface area contributed by atoms with Crippen LogP contribution in [0.4, 0.5) is 0 Å². The van der Waals surface area contributed by atoms with Crippen LogP contribution < -0.4 is 5.32 Å². The number of halogens is 2. The Labute approximate surface area is 189 Å². The van der Waals surface area contributed by atoms with Gasteiger partial charge in [0.1, 0.15) is 6.04 Å². The monoisotopic (exact) mass is 448 g/mol. The number of hydrogen-bond donors (Lipinski definition) is 1. The van der Waals surface area contributed by atoms with Gasteiger partial charge in [-0.15, -0.1) is 0 Å². The predicted molar refractivity (Wildman–Crippen MR) is 124 cm³/mol. The summed E-state index contributed by atoms with van der Waals surface area (Å²) < 4.78 is 0. The Morgan fingerprint density at radius 3 is 2.20 bits per heavy atom. The third-order valence-electron chi connectivity index (χ3n) is 5.38. The molecule has 2 atom stereocenters. The fraction of sp³-hybridized carbons (Fsp3) is 0.417. The number of carbonyl (C=O) groups excluding carboxylic acids is 2. The molecular weight excluding hydrogens is 419 g/mol. The van der Waals surface area contributed by atoms with Gasteiger partial charge in [-0.25, -0.2) is 0 Å². The van der Waals surface area contributed by atoms with E-state index in [1.165, 1.54) is 0 Å². The van der Waals surface area contributed by atoms with Crippen molar-refractivity contribution < 1.29 is 9.59 Å². The van der Waals surface area contributed by atoms with E-state index < -0.39 is 6.04 Å². The first-order chi connectivity index (χ1) is 14.3. The maximum atomic E-state index is 13.4. The van der Waals surface area contributed by atoms with E-state index in [-0.39, 0.29) is 24.3 Å². The summed E-state index contributed by atoms with van der Waals surface area (Å²) >= 11 is 12.6. The summed E-state index contributed by atoms with van der Waals surface area (Å²) in [5, 5.41) is 3.91. The molecule has 0 aliphatic rings. The molecule has 0 heterocycles. The summed E-state index contributed by atoms with van der Waals surface area (Å²) in [7, 11) is 0. The van der Waals surface area contributed by atoms with Gasteiger partial charge < -0.3 is 10.2 Å². The zero-order chi connectivity index (χ0) is 22.3. The topological polar surface area (TPSA) is 49.4 Å². The van der Waals surface area contributed by atoms with Crippen molar-refractivity contribution >= 4 is 35.0 Å². The van der Waals surface area contributed by atoms with Crippen LogP contribution >= 0.6 is 23.2 Å². The van der Waals surface area contributed by atoms with Gasteiger partial charge in [-0.3, -0.25) is 9.59 Å². The molecule has 0 saturated carbocycles. The summed E-state index contributed by atoms with van der Waals surface area (Å²) in [6, 6.07) is 12.5. The highest BCUT2D eigenvalue weighted by molar-refractivity contribution is 6.36. The van der Waals surface area contributed by atoms with Crippen molar-refractivity contribution in [2.75, 3.05) is 0 Å². The number of hydrogen-bond acceptors (Lipinski definition) is 2. The number of rotatable bonds is 9.